The maximum absolute atomic E-state index is 16.1. The van der Waals surface area contributed by atoms with E-state index < -0.39 is 12.3 Å². The van der Waals surface area contributed by atoms with Crippen molar-refractivity contribution in [2.45, 2.75) is 128 Å². The van der Waals surface area contributed by atoms with Gasteiger partial charge in [0.05, 0.1) is 26.7 Å². The number of hydrogen-bond acceptors (Lipinski definition) is 5. The third-order valence-corrected chi connectivity index (χ3v) is 12.2. The number of aromatic hydroxyl groups is 1. The SMILES string of the molecule is CCCCCCCCN(CCCCC[C@@H]1Cc2cc(O)ccc2[C@@H]2[C@@H]1[C@@H]1CC[C@H](O)[C@@]1(C)C[C@@H]2F)C(=O)Cc1ccc(OC)c(OC)c1. The lowest BCUT2D eigenvalue weighted by molar-refractivity contribution is -0.130. The summed E-state index contributed by atoms with van der Waals surface area (Å²) in [6.07, 6.45) is 13.0. The largest absolute Gasteiger partial charge is 0.508 e. The van der Waals surface area contributed by atoms with Gasteiger partial charge < -0.3 is 24.6 Å². The van der Waals surface area contributed by atoms with Crippen molar-refractivity contribution in [2.75, 3.05) is 27.3 Å². The van der Waals surface area contributed by atoms with Crippen LogP contribution in [0.5, 0.6) is 17.2 Å². The second kappa shape index (κ2) is 16.7. The van der Waals surface area contributed by atoms with Crippen LogP contribution in [-0.4, -0.2) is 60.6 Å². The van der Waals surface area contributed by atoms with Gasteiger partial charge >= 0.3 is 0 Å². The van der Waals surface area contributed by atoms with E-state index in [4.69, 9.17) is 9.47 Å². The third kappa shape index (κ3) is 8.14. The molecule has 7 atom stereocenters. The Morgan fingerprint density at radius 2 is 1.65 bits per heavy atom. The van der Waals surface area contributed by atoms with E-state index >= 15 is 4.39 Å². The van der Waals surface area contributed by atoms with Crippen molar-refractivity contribution < 1.29 is 28.9 Å². The van der Waals surface area contributed by atoms with E-state index in [2.05, 4.69) is 18.7 Å². The summed E-state index contributed by atoms with van der Waals surface area (Å²) < 4.78 is 27.0. The number of nitrogens with zero attached hydrogens (tertiary/aromatic N) is 1. The molecule has 0 unspecified atom stereocenters. The summed E-state index contributed by atoms with van der Waals surface area (Å²) in [5, 5.41) is 21.3. The summed E-state index contributed by atoms with van der Waals surface area (Å²) in [7, 11) is 3.23. The lowest BCUT2D eigenvalue weighted by atomic mass is 9.51. The van der Waals surface area contributed by atoms with Gasteiger partial charge in [0.2, 0.25) is 5.91 Å². The van der Waals surface area contributed by atoms with Crippen LogP contribution in [0.3, 0.4) is 0 Å². The molecule has 0 aromatic heterocycles. The van der Waals surface area contributed by atoms with Crippen molar-refractivity contribution in [3.05, 3.63) is 53.1 Å². The number of rotatable bonds is 17. The number of benzene rings is 2. The highest BCUT2D eigenvalue weighted by molar-refractivity contribution is 5.79. The minimum atomic E-state index is -0.984. The van der Waals surface area contributed by atoms with E-state index in [9.17, 15) is 15.0 Å². The topological polar surface area (TPSA) is 79.2 Å². The molecule has 7 heteroatoms. The van der Waals surface area contributed by atoms with Gasteiger partial charge in [-0.2, -0.15) is 0 Å². The monoisotopic (exact) mass is 665 g/mol. The number of phenols is 1. The lowest BCUT2D eigenvalue weighted by Gasteiger charge is -2.54. The number of halogens is 1. The molecule has 0 spiro atoms. The first kappa shape index (κ1) is 36.5. The van der Waals surface area contributed by atoms with Crippen LogP contribution < -0.4 is 9.47 Å². The van der Waals surface area contributed by atoms with Gasteiger partial charge in [0.25, 0.3) is 0 Å². The Morgan fingerprint density at radius 3 is 2.38 bits per heavy atom. The minimum absolute atomic E-state index is 0.151. The fraction of sp³-hybridized carbons (Fsp3) is 0.683. The highest BCUT2D eigenvalue weighted by atomic mass is 19.1. The van der Waals surface area contributed by atoms with Crippen LogP contribution in [0.2, 0.25) is 0 Å². The zero-order valence-corrected chi connectivity index (χ0v) is 29.9. The molecule has 6 nitrogen and oxygen atoms in total. The number of aliphatic hydroxyl groups is 1. The van der Waals surface area contributed by atoms with E-state index in [0.717, 1.165) is 87.6 Å². The lowest BCUT2D eigenvalue weighted by Crippen LogP contribution is -2.51. The summed E-state index contributed by atoms with van der Waals surface area (Å²) in [4.78, 5) is 15.7. The number of alkyl halides is 1. The number of amides is 1. The smallest absolute Gasteiger partial charge is 0.226 e. The zero-order valence-electron chi connectivity index (χ0n) is 29.9. The van der Waals surface area contributed by atoms with Gasteiger partial charge in [-0.1, -0.05) is 70.9 Å². The first-order valence-electron chi connectivity index (χ1n) is 18.8. The van der Waals surface area contributed by atoms with Gasteiger partial charge in [0.15, 0.2) is 11.5 Å². The van der Waals surface area contributed by atoms with E-state index in [1.165, 1.54) is 25.7 Å². The average Bonchev–Trinajstić information content (AvgIpc) is 3.37. The molecule has 0 heterocycles. The molecule has 1 amide bonds. The first-order chi connectivity index (χ1) is 23.2. The summed E-state index contributed by atoms with van der Waals surface area (Å²) >= 11 is 0. The van der Waals surface area contributed by atoms with E-state index in [1.54, 1.807) is 20.3 Å². The second-order valence-electron chi connectivity index (χ2n) is 15.2. The predicted octanol–water partition coefficient (Wildman–Crippen LogP) is 8.79. The number of carbonyl (C=O) groups is 1. The molecule has 0 aliphatic heterocycles. The Bertz CT molecular complexity index is 1350. The van der Waals surface area contributed by atoms with Crippen LogP contribution in [0.25, 0.3) is 0 Å². The van der Waals surface area contributed by atoms with E-state index in [0.29, 0.717) is 36.2 Å². The summed E-state index contributed by atoms with van der Waals surface area (Å²) in [6, 6.07) is 11.2. The molecule has 2 saturated carbocycles. The number of carbonyl (C=O) groups excluding carboxylic acids is 1. The Kier molecular flexibility index (Phi) is 12.7. The van der Waals surface area contributed by atoms with Crippen LogP contribution in [0.1, 0.15) is 120 Å². The number of phenolic OH excluding ortho intramolecular Hbond substituents is 1. The molecule has 2 aromatic rings. The Morgan fingerprint density at radius 1 is 0.938 bits per heavy atom. The molecule has 0 saturated heterocycles. The fourth-order valence-electron chi connectivity index (χ4n) is 9.64. The maximum Gasteiger partial charge on any atom is 0.226 e. The van der Waals surface area contributed by atoms with Crippen molar-refractivity contribution in [1.29, 1.82) is 0 Å². The molecule has 5 rings (SSSR count). The molecule has 3 aliphatic carbocycles. The summed E-state index contributed by atoms with van der Waals surface area (Å²) in [5.41, 5.74) is 2.73. The van der Waals surface area contributed by atoms with E-state index in [1.807, 2.05) is 30.3 Å². The van der Waals surface area contributed by atoms with Gasteiger partial charge in [-0.25, -0.2) is 4.39 Å². The van der Waals surface area contributed by atoms with E-state index in [-0.39, 0.29) is 28.9 Å². The van der Waals surface area contributed by atoms with Crippen molar-refractivity contribution in [1.82, 2.24) is 4.90 Å². The molecule has 0 bridgehead atoms. The van der Waals surface area contributed by atoms with Gasteiger partial charge in [0, 0.05) is 19.0 Å². The number of unbranched alkanes of at least 4 members (excludes halogenated alkanes) is 7. The molecule has 48 heavy (non-hydrogen) atoms. The summed E-state index contributed by atoms with van der Waals surface area (Å²) in [5.74, 6) is 2.38. The van der Waals surface area contributed by atoms with Gasteiger partial charge in [-0.15, -0.1) is 0 Å². The quantitative estimate of drug-likeness (QED) is 0.165. The number of methoxy groups -OCH3 is 2. The van der Waals surface area contributed by atoms with Crippen LogP contribution in [0.15, 0.2) is 36.4 Å². The first-order valence-corrected chi connectivity index (χ1v) is 18.8. The number of hydrogen-bond donors (Lipinski definition) is 2. The van der Waals surface area contributed by atoms with Crippen molar-refractivity contribution in [3.8, 4) is 17.2 Å². The predicted molar refractivity (Wildman–Crippen MR) is 190 cm³/mol. The van der Waals surface area contributed by atoms with Crippen molar-refractivity contribution in [3.63, 3.8) is 0 Å². The zero-order chi connectivity index (χ0) is 34.3. The van der Waals surface area contributed by atoms with Crippen LogP contribution in [-0.2, 0) is 17.6 Å². The molecular weight excluding hydrogens is 605 g/mol. The highest BCUT2D eigenvalue weighted by Gasteiger charge is 2.59. The van der Waals surface area contributed by atoms with Crippen molar-refractivity contribution in [2.24, 2.45) is 23.2 Å². The molecule has 2 N–H and O–H groups in total. The van der Waals surface area contributed by atoms with Gasteiger partial charge in [0.1, 0.15) is 11.9 Å². The number of fused-ring (bicyclic) bond motifs is 5. The van der Waals surface area contributed by atoms with Gasteiger partial charge in [-0.3, -0.25) is 4.79 Å². The number of ether oxygens (including phenoxy) is 2. The van der Waals surface area contributed by atoms with Crippen molar-refractivity contribution >= 4 is 5.91 Å². The Labute approximate surface area is 288 Å². The normalized spacial score (nSPS) is 27.5. The Hall–Kier alpha value is -2.80. The molecule has 266 valence electrons. The molecular formula is C41H60FNO5. The van der Waals surface area contributed by atoms with Crippen LogP contribution in [0, 0.1) is 23.2 Å². The minimum Gasteiger partial charge on any atom is -0.508 e. The third-order valence-electron chi connectivity index (χ3n) is 12.2. The van der Waals surface area contributed by atoms with Crippen LogP contribution >= 0.6 is 0 Å². The molecule has 0 radical (unpaired) electrons. The molecule has 2 aromatic carbocycles. The second-order valence-corrected chi connectivity index (χ2v) is 15.2. The standard InChI is InChI=1S/C41H60FNO5/c1-5-6-7-8-9-12-21-43(38(46)24-28-15-19-35(47-3)36(23-28)48-4)22-13-10-11-14-29-25-30-26-31(44)16-17-32(30)40-34(42)27-41(2)33(39(29)40)18-20-37(41)45/h15-17,19,23,26,29,33-34,37,39-40,44-45H,5-14,18,20-22,24-25,27H2,1-4H3/t29-,33+,34+,37+,39+,40+,41+/m1/s1. The highest BCUT2D eigenvalue weighted by Crippen LogP contribution is 2.63. The maximum atomic E-state index is 16.1. The fourth-order valence-corrected chi connectivity index (χ4v) is 9.64. The molecule has 2 fully saturated rings. The van der Waals surface area contributed by atoms with Gasteiger partial charge in [-0.05, 0) is 109 Å². The summed E-state index contributed by atoms with van der Waals surface area (Å²) in [6.45, 7) is 5.88. The van der Waals surface area contributed by atoms with Crippen LogP contribution in [0.4, 0.5) is 4.39 Å². The Balaban J connectivity index is 1.21. The number of aliphatic hydroxyl groups excluding tert-OH is 1. The average molecular weight is 666 g/mol. The molecule has 3 aliphatic rings.